The zero-order valence-electron chi connectivity index (χ0n) is 17.6. The van der Waals surface area contributed by atoms with E-state index in [1.807, 2.05) is 25.1 Å². The number of ether oxygens (including phenoxy) is 4. The lowest BCUT2D eigenvalue weighted by atomic mass is 10.1. The maximum atomic E-state index is 12.8. The van der Waals surface area contributed by atoms with Crippen molar-refractivity contribution in [3.8, 4) is 23.0 Å². The first-order valence-electron chi connectivity index (χ1n) is 9.71. The molecule has 0 saturated carbocycles. The second-order valence-electron chi connectivity index (χ2n) is 6.53. The van der Waals surface area contributed by atoms with Crippen molar-refractivity contribution in [2.45, 2.75) is 13.5 Å². The van der Waals surface area contributed by atoms with E-state index in [4.69, 9.17) is 30.5 Å². The van der Waals surface area contributed by atoms with Crippen molar-refractivity contribution in [1.29, 1.82) is 0 Å². The van der Waals surface area contributed by atoms with Crippen molar-refractivity contribution in [1.82, 2.24) is 0 Å². The number of rotatable bonds is 9. The second-order valence-corrected chi connectivity index (χ2v) is 6.93. The maximum absolute atomic E-state index is 12.8. The molecule has 0 aliphatic heterocycles. The van der Waals surface area contributed by atoms with Crippen molar-refractivity contribution in [3.63, 3.8) is 0 Å². The average molecular weight is 442 g/mol. The molecule has 0 aromatic heterocycles. The van der Waals surface area contributed by atoms with E-state index in [1.54, 1.807) is 49.6 Å². The molecule has 0 heterocycles. The summed E-state index contributed by atoms with van der Waals surface area (Å²) in [7, 11) is 3.14. The van der Waals surface area contributed by atoms with Gasteiger partial charge in [0.2, 0.25) is 0 Å². The highest BCUT2D eigenvalue weighted by atomic mass is 35.5. The van der Waals surface area contributed by atoms with Crippen LogP contribution in [0.3, 0.4) is 0 Å². The minimum Gasteiger partial charge on any atom is -0.497 e. The third kappa shape index (κ3) is 5.83. The van der Waals surface area contributed by atoms with Crippen molar-refractivity contribution in [3.05, 3.63) is 76.8 Å². The number of anilines is 1. The fourth-order valence-corrected chi connectivity index (χ4v) is 3.19. The van der Waals surface area contributed by atoms with E-state index < -0.39 is 0 Å². The number of carbonyl (C=O) groups excluding carboxylic acids is 1. The smallest absolute Gasteiger partial charge is 0.255 e. The Morgan fingerprint density at radius 2 is 1.68 bits per heavy atom. The van der Waals surface area contributed by atoms with Crippen LogP contribution in [-0.2, 0) is 6.61 Å². The third-order valence-corrected chi connectivity index (χ3v) is 4.76. The molecular formula is C24H24ClNO5. The normalized spacial score (nSPS) is 10.3. The predicted molar refractivity (Wildman–Crippen MR) is 121 cm³/mol. The molecule has 0 spiro atoms. The zero-order chi connectivity index (χ0) is 22.2. The minimum absolute atomic E-state index is 0.234. The van der Waals surface area contributed by atoms with Crippen LogP contribution in [0.25, 0.3) is 0 Å². The summed E-state index contributed by atoms with van der Waals surface area (Å²) in [4.78, 5) is 12.8. The molecule has 3 rings (SSSR count). The van der Waals surface area contributed by atoms with Crippen molar-refractivity contribution >= 4 is 23.2 Å². The molecule has 1 N–H and O–H groups in total. The van der Waals surface area contributed by atoms with Crippen molar-refractivity contribution < 1.29 is 23.7 Å². The number of hydrogen-bond donors (Lipinski definition) is 1. The number of hydrogen-bond acceptors (Lipinski definition) is 5. The Morgan fingerprint density at radius 1 is 0.903 bits per heavy atom. The van der Waals surface area contributed by atoms with Gasteiger partial charge in [-0.25, -0.2) is 0 Å². The minimum atomic E-state index is -0.271. The Labute approximate surface area is 186 Å². The molecule has 6 nitrogen and oxygen atoms in total. The van der Waals surface area contributed by atoms with Crippen molar-refractivity contribution in [2.24, 2.45) is 0 Å². The summed E-state index contributed by atoms with van der Waals surface area (Å²) in [6.45, 7) is 2.64. The highest BCUT2D eigenvalue weighted by molar-refractivity contribution is 6.32. The Morgan fingerprint density at radius 3 is 2.39 bits per heavy atom. The molecule has 0 bridgehead atoms. The van der Waals surface area contributed by atoms with E-state index in [0.717, 1.165) is 5.56 Å². The van der Waals surface area contributed by atoms with Crippen LogP contribution in [0.4, 0.5) is 5.69 Å². The molecule has 31 heavy (non-hydrogen) atoms. The fourth-order valence-electron chi connectivity index (χ4n) is 2.93. The number of halogens is 1. The Balaban J connectivity index is 1.78. The van der Waals surface area contributed by atoms with E-state index in [1.165, 1.54) is 7.11 Å². The molecule has 0 unspecified atom stereocenters. The van der Waals surface area contributed by atoms with Gasteiger partial charge in [-0.15, -0.1) is 0 Å². The van der Waals surface area contributed by atoms with Crippen LogP contribution in [0.15, 0.2) is 60.7 Å². The van der Waals surface area contributed by atoms with Gasteiger partial charge in [0.25, 0.3) is 5.91 Å². The molecule has 162 valence electrons. The van der Waals surface area contributed by atoms with Gasteiger partial charge in [0, 0.05) is 22.9 Å². The summed E-state index contributed by atoms with van der Waals surface area (Å²) in [6, 6.07) is 17.6. The standard InChI is InChI=1S/C24H24ClNO5/c1-4-30-22-10-8-16(24(27)26-18-9-11-23(29-3)21(25)13-18)12-17(22)15-31-20-7-5-6-19(14-20)28-2/h5-14H,4,15H2,1-3H3,(H,26,27). The van der Waals surface area contributed by atoms with Gasteiger partial charge in [0.1, 0.15) is 29.6 Å². The van der Waals surface area contributed by atoms with Crippen LogP contribution in [0.5, 0.6) is 23.0 Å². The van der Waals surface area contributed by atoms with Crippen LogP contribution in [0.1, 0.15) is 22.8 Å². The summed E-state index contributed by atoms with van der Waals surface area (Å²) in [5.74, 6) is 2.29. The van der Waals surface area contributed by atoms with E-state index >= 15 is 0 Å². The third-order valence-electron chi connectivity index (χ3n) is 4.47. The summed E-state index contributed by atoms with van der Waals surface area (Å²) >= 11 is 6.14. The van der Waals surface area contributed by atoms with Gasteiger partial charge in [-0.1, -0.05) is 17.7 Å². The molecule has 7 heteroatoms. The van der Waals surface area contributed by atoms with Gasteiger partial charge in [-0.2, -0.15) is 0 Å². The second kappa shape index (κ2) is 10.6. The van der Waals surface area contributed by atoms with Crippen LogP contribution in [0.2, 0.25) is 5.02 Å². The maximum Gasteiger partial charge on any atom is 0.255 e. The molecule has 0 aliphatic rings. The quantitative estimate of drug-likeness (QED) is 0.469. The number of nitrogens with one attached hydrogen (secondary N) is 1. The first-order chi connectivity index (χ1) is 15.0. The van der Waals surface area contributed by atoms with Gasteiger partial charge >= 0.3 is 0 Å². The lowest BCUT2D eigenvalue weighted by molar-refractivity contribution is 0.102. The van der Waals surface area contributed by atoms with E-state index in [9.17, 15) is 4.79 Å². The average Bonchev–Trinajstić information content (AvgIpc) is 2.78. The molecule has 1 amide bonds. The van der Waals surface area contributed by atoms with E-state index in [0.29, 0.717) is 45.9 Å². The van der Waals surface area contributed by atoms with E-state index in [2.05, 4.69) is 5.32 Å². The molecule has 3 aromatic rings. The van der Waals surface area contributed by atoms with Crippen LogP contribution in [0, 0.1) is 0 Å². The molecule has 0 saturated heterocycles. The van der Waals surface area contributed by atoms with Crippen LogP contribution in [-0.4, -0.2) is 26.7 Å². The highest BCUT2D eigenvalue weighted by Crippen LogP contribution is 2.28. The largest absolute Gasteiger partial charge is 0.497 e. The SMILES string of the molecule is CCOc1ccc(C(=O)Nc2ccc(OC)c(Cl)c2)cc1COc1cccc(OC)c1. The Hall–Kier alpha value is -3.38. The summed E-state index contributed by atoms with van der Waals surface area (Å²) in [5.41, 5.74) is 1.79. The molecule has 3 aromatic carbocycles. The molecule has 0 fully saturated rings. The Bertz CT molecular complexity index is 1050. The van der Waals surface area contributed by atoms with Gasteiger partial charge in [-0.05, 0) is 55.5 Å². The van der Waals surface area contributed by atoms with E-state index in [-0.39, 0.29) is 12.5 Å². The first kappa shape index (κ1) is 22.3. The molecule has 0 aliphatic carbocycles. The van der Waals surface area contributed by atoms with Crippen LogP contribution >= 0.6 is 11.6 Å². The summed E-state index contributed by atoms with van der Waals surface area (Å²) in [5, 5.41) is 3.26. The zero-order valence-corrected chi connectivity index (χ0v) is 18.4. The Kier molecular flexibility index (Phi) is 7.62. The fraction of sp³-hybridized carbons (Fsp3) is 0.208. The predicted octanol–water partition coefficient (Wildman–Crippen LogP) is 5.59. The molecule has 0 atom stereocenters. The van der Waals surface area contributed by atoms with Gasteiger partial charge in [0.05, 0.1) is 25.8 Å². The van der Waals surface area contributed by atoms with Gasteiger partial charge in [-0.3, -0.25) is 4.79 Å². The molecule has 0 radical (unpaired) electrons. The molecular weight excluding hydrogens is 418 g/mol. The summed E-state index contributed by atoms with van der Waals surface area (Å²) in [6.07, 6.45) is 0. The highest BCUT2D eigenvalue weighted by Gasteiger charge is 2.13. The van der Waals surface area contributed by atoms with Crippen LogP contribution < -0.4 is 24.3 Å². The van der Waals surface area contributed by atoms with Crippen molar-refractivity contribution in [2.75, 3.05) is 26.1 Å². The number of methoxy groups -OCH3 is 2. The first-order valence-corrected chi connectivity index (χ1v) is 10.1. The number of benzene rings is 3. The monoisotopic (exact) mass is 441 g/mol. The topological polar surface area (TPSA) is 66.0 Å². The summed E-state index contributed by atoms with van der Waals surface area (Å²) < 4.78 is 22.0. The number of carbonyl (C=O) groups is 1. The lowest BCUT2D eigenvalue weighted by Crippen LogP contribution is -2.13. The number of amides is 1. The van der Waals surface area contributed by atoms with Gasteiger partial charge < -0.3 is 24.3 Å². The van der Waals surface area contributed by atoms with Gasteiger partial charge in [0.15, 0.2) is 0 Å². The lowest BCUT2D eigenvalue weighted by Gasteiger charge is -2.14.